The normalized spacial score (nSPS) is 20.2. The minimum absolute atomic E-state index is 0.0921. The van der Waals surface area contributed by atoms with Crippen molar-refractivity contribution in [3.8, 4) is 0 Å². The number of nitrogens with one attached hydrogen (secondary N) is 1. The van der Waals surface area contributed by atoms with Crippen LogP contribution in [0.15, 0.2) is 40.7 Å². The van der Waals surface area contributed by atoms with Crippen molar-refractivity contribution < 1.29 is 36.6 Å². The zero-order chi connectivity index (χ0) is 19.7. The van der Waals surface area contributed by atoms with Crippen molar-refractivity contribution in [1.82, 2.24) is 5.32 Å². The van der Waals surface area contributed by atoms with E-state index in [0.717, 1.165) is 13.2 Å². The van der Waals surface area contributed by atoms with Crippen LogP contribution >= 0.6 is 0 Å². The van der Waals surface area contributed by atoms with Crippen molar-refractivity contribution in [2.75, 3.05) is 27.1 Å². The maximum atomic E-state index is 14.3. The molecule has 27 heavy (non-hydrogen) atoms. The molecule has 2 aliphatic rings. The van der Waals surface area contributed by atoms with Crippen LogP contribution in [0.2, 0.25) is 0 Å². The van der Waals surface area contributed by atoms with Gasteiger partial charge in [-0.3, -0.25) is 0 Å². The van der Waals surface area contributed by atoms with Crippen molar-refractivity contribution in [3.05, 3.63) is 57.7 Å². The van der Waals surface area contributed by atoms with Crippen molar-refractivity contribution >= 4 is 11.9 Å². The number of ether oxygens (including phenoxy) is 2. The lowest BCUT2D eigenvalue weighted by atomic mass is 9.78. The molecule has 144 valence electrons. The first-order valence-electron chi connectivity index (χ1n) is 7.97. The van der Waals surface area contributed by atoms with E-state index in [9.17, 15) is 27.2 Å². The van der Waals surface area contributed by atoms with Gasteiger partial charge in [-0.25, -0.2) is 27.2 Å². The van der Waals surface area contributed by atoms with Crippen molar-refractivity contribution in [2.45, 2.75) is 12.1 Å². The molecule has 1 unspecified atom stereocenters. The number of methoxy groups -OCH3 is 1. The molecule has 0 saturated heterocycles. The van der Waals surface area contributed by atoms with Gasteiger partial charge in [-0.05, 0) is 11.6 Å². The van der Waals surface area contributed by atoms with Crippen LogP contribution in [0.4, 0.5) is 17.6 Å². The summed E-state index contributed by atoms with van der Waals surface area (Å²) in [6.45, 7) is -2.85. The second-order valence-corrected chi connectivity index (χ2v) is 5.91. The van der Waals surface area contributed by atoms with Gasteiger partial charge in [-0.2, -0.15) is 0 Å². The third-order valence-corrected chi connectivity index (χ3v) is 4.48. The first-order valence-corrected chi connectivity index (χ1v) is 7.97. The van der Waals surface area contributed by atoms with Crippen LogP contribution in [0.5, 0.6) is 0 Å². The van der Waals surface area contributed by atoms with E-state index in [1.807, 2.05) is 0 Å². The third-order valence-electron chi connectivity index (χ3n) is 4.48. The summed E-state index contributed by atoms with van der Waals surface area (Å²) in [4.78, 5) is 24.6. The van der Waals surface area contributed by atoms with E-state index in [1.54, 1.807) is 0 Å². The summed E-state index contributed by atoms with van der Waals surface area (Å²) in [6, 6.07) is 3.42. The Morgan fingerprint density at radius 2 is 2.15 bits per heavy atom. The summed E-state index contributed by atoms with van der Waals surface area (Å²) in [5.74, 6) is -4.22. The standard InChI is InChI=1S/C18H15F4NO4/c1-26-17(24)15-11(6-20)23-12-7-27-18(25)16(12)14(15)8-3-2-4-9(21)13(8)10(22)5-19/h2-4,10,14,23H,5-7H2,1H3/t10?,14-/m0/s1. The Bertz CT molecular complexity index is 865. The number of dihydropyridines is 1. The summed E-state index contributed by atoms with van der Waals surface area (Å²) >= 11 is 0. The van der Waals surface area contributed by atoms with Gasteiger partial charge >= 0.3 is 11.9 Å². The molecule has 1 N–H and O–H groups in total. The fourth-order valence-electron chi connectivity index (χ4n) is 3.36. The highest BCUT2D eigenvalue weighted by molar-refractivity contribution is 6.01. The van der Waals surface area contributed by atoms with Gasteiger partial charge in [0.05, 0.1) is 35.6 Å². The number of hydrogen-bond donors (Lipinski definition) is 1. The van der Waals surface area contributed by atoms with Crippen molar-refractivity contribution in [1.29, 1.82) is 0 Å². The summed E-state index contributed by atoms with van der Waals surface area (Å²) in [5.41, 5.74) is -1.26. The van der Waals surface area contributed by atoms with Crippen LogP contribution in [0.25, 0.3) is 0 Å². The van der Waals surface area contributed by atoms with Gasteiger partial charge in [-0.1, -0.05) is 12.1 Å². The number of benzene rings is 1. The summed E-state index contributed by atoms with van der Waals surface area (Å²) < 4.78 is 64.7. The Morgan fingerprint density at radius 3 is 2.78 bits per heavy atom. The van der Waals surface area contributed by atoms with E-state index in [0.29, 0.717) is 0 Å². The smallest absolute Gasteiger partial charge is 0.337 e. The van der Waals surface area contributed by atoms with Gasteiger partial charge in [0, 0.05) is 5.56 Å². The fraction of sp³-hybridized carbons (Fsp3) is 0.333. The highest BCUT2D eigenvalue weighted by Crippen LogP contribution is 2.44. The average Bonchev–Trinajstić information content (AvgIpc) is 3.05. The molecule has 0 aliphatic carbocycles. The Labute approximate surface area is 151 Å². The molecule has 3 rings (SSSR count). The molecule has 2 heterocycles. The molecule has 0 radical (unpaired) electrons. The topological polar surface area (TPSA) is 64.6 Å². The zero-order valence-electron chi connectivity index (χ0n) is 14.2. The van der Waals surface area contributed by atoms with Gasteiger partial charge in [0.25, 0.3) is 0 Å². The van der Waals surface area contributed by atoms with E-state index in [1.165, 1.54) is 12.1 Å². The second kappa shape index (κ2) is 7.42. The lowest BCUT2D eigenvalue weighted by Gasteiger charge is -2.29. The summed E-state index contributed by atoms with van der Waals surface area (Å²) in [7, 11) is 1.05. The van der Waals surface area contributed by atoms with E-state index in [4.69, 9.17) is 4.74 Å². The van der Waals surface area contributed by atoms with Crippen molar-refractivity contribution in [3.63, 3.8) is 0 Å². The first kappa shape index (κ1) is 18.9. The minimum atomic E-state index is -2.33. The summed E-state index contributed by atoms with van der Waals surface area (Å²) in [5, 5.41) is 2.61. The number of rotatable bonds is 5. The van der Waals surface area contributed by atoms with Gasteiger partial charge in [0.1, 0.15) is 25.8 Å². The van der Waals surface area contributed by atoms with Crippen LogP contribution in [0.1, 0.15) is 23.2 Å². The Hall–Kier alpha value is -2.84. The monoisotopic (exact) mass is 385 g/mol. The highest BCUT2D eigenvalue weighted by atomic mass is 19.2. The molecule has 0 amide bonds. The molecule has 0 bridgehead atoms. The fourth-order valence-corrected chi connectivity index (χ4v) is 3.36. The number of esters is 2. The number of allylic oxidation sites excluding steroid dienone is 1. The third kappa shape index (κ3) is 3.07. The molecule has 1 aromatic carbocycles. The number of carbonyl (C=O) groups is 2. The van der Waals surface area contributed by atoms with Crippen LogP contribution in [0.3, 0.4) is 0 Å². The average molecular weight is 385 g/mol. The lowest BCUT2D eigenvalue weighted by Crippen LogP contribution is -2.32. The van der Waals surface area contributed by atoms with Gasteiger partial charge in [-0.15, -0.1) is 0 Å². The molecule has 0 fully saturated rings. The molecular weight excluding hydrogens is 370 g/mol. The van der Waals surface area contributed by atoms with Gasteiger partial charge in [0.2, 0.25) is 0 Å². The van der Waals surface area contributed by atoms with Crippen molar-refractivity contribution in [2.24, 2.45) is 0 Å². The predicted octanol–water partition coefficient (Wildman–Crippen LogP) is 2.70. The molecule has 2 aliphatic heterocycles. The number of carbonyl (C=O) groups excluding carboxylic acids is 2. The zero-order valence-corrected chi connectivity index (χ0v) is 14.2. The molecular formula is C18H15F4NO4. The summed E-state index contributed by atoms with van der Waals surface area (Å²) in [6.07, 6.45) is -2.33. The SMILES string of the molecule is COC(=O)C1=C(CF)NC2=C(C(=O)OC2)[C@H]1c1cccc(F)c1C(F)CF. The van der Waals surface area contributed by atoms with Crippen LogP contribution in [0, 0.1) is 5.82 Å². The first-order chi connectivity index (χ1) is 12.9. The largest absolute Gasteiger partial charge is 0.466 e. The maximum Gasteiger partial charge on any atom is 0.337 e. The molecule has 5 nitrogen and oxygen atoms in total. The minimum Gasteiger partial charge on any atom is -0.466 e. The quantitative estimate of drug-likeness (QED) is 0.624. The van der Waals surface area contributed by atoms with Crippen LogP contribution in [-0.4, -0.2) is 39.0 Å². The Balaban J connectivity index is 2.30. The Kier molecular flexibility index (Phi) is 5.20. The molecule has 0 spiro atoms. The van der Waals surface area contributed by atoms with Crippen LogP contribution < -0.4 is 5.32 Å². The molecule has 0 aromatic heterocycles. The van der Waals surface area contributed by atoms with Gasteiger partial charge < -0.3 is 14.8 Å². The molecule has 0 saturated carbocycles. The highest BCUT2D eigenvalue weighted by Gasteiger charge is 2.44. The van der Waals surface area contributed by atoms with E-state index in [-0.39, 0.29) is 34.7 Å². The number of halogens is 4. The molecule has 2 atom stereocenters. The maximum absolute atomic E-state index is 14.3. The molecule has 1 aromatic rings. The van der Waals surface area contributed by atoms with Crippen LogP contribution in [-0.2, 0) is 19.1 Å². The molecule has 9 heteroatoms. The number of hydrogen-bond acceptors (Lipinski definition) is 5. The number of alkyl halides is 3. The van der Waals surface area contributed by atoms with Gasteiger partial charge in [0.15, 0.2) is 6.17 Å². The lowest BCUT2D eigenvalue weighted by molar-refractivity contribution is -0.136. The number of cyclic esters (lactones) is 1. The predicted molar refractivity (Wildman–Crippen MR) is 85.1 cm³/mol. The van der Waals surface area contributed by atoms with E-state index in [2.05, 4.69) is 10.1 Å². The Morgan fingerprint density at radius 1 is 1.41 bits per heavy atom. The second-order valence-electron chi connectivity index (χ2n) is 5.91. The van der Waals surface area contributed by atoms with E-state index >= 15 is 0 Å². The van der Waals surface area contributed by atoms with E-state index < -0.39 is 48.8 Å².